The van der Waals surface area contributed by atoms with Gasteiger partial charge in [-0.25, -0.2) is 4.79 Å². The van der Waals surface area contributed by atoms with Crippen LogP contribution in [0, 0.1) is 0 Å². The molecule has 28 heavy (non-hydrogen) atoms. The van der Waals surface area contributed by atoms with E-state index in [1.807, 2.05) is 45.9 Å². The fraction of sp³-hybridized carbons (Fsp3) is 0.381. The molecule has 2 amide bonds. The molecule has 0 aliphatic carbocycles. The van der Waals surface area contributed by atoms with Gasteiger partial charge >= 0.3 is 6.09 Å². The third-order valence-corrected chi connectivity index (χ3v) is 4.50. The van der Waals surface area contributed by atoms with Gasteiger partial charge in [-0.05, 0) is 70.0 Å². The van der Waals surface area contributed by atoms with Gasteiger partial charge in [-0.3, -0.25) is 9.78 Å². The van der Waals surface area contributed by atoms with Gasteiger partial charge in [0.05, 0.1) is 11.2 Å². The molecule has 1 aromatic heterocycles. The van der Waals surface area contributed by atoms with E-state index in [0.717, 1.165) is 11.1 Å². The Kier molecular flexibility index (Phi) is 5.02. The van der Waals surface area contributed by atoms with Crippen molar-refractivity contribution in [2.24, 2.45) is 0 Å². The molecular formula is C21H25N3O4. The van der Waals surface area contributed by atoms with E-state index < -0.39 is 23.3 Å². The first-order valence-electron chi connectivity index (χ1n) is 9.12. The highest BCUT2D eigenvalue weighted by Gasteiger charge is 2.34. The number of amides is 2. The predicted molar refractivity (Wildman–Crippen MR) is 105 cm³/mol. The summed E-state index contributed by atoms with van der Waals surface area (Å²) < 4.78 is 11.1. The SMILES string of the molecule is CC1Oc2ccc(C(C)(NC(=O)OC(C)(C)C)c3ccncc3)cc2NC1=O. The molecule has 7 heteroatoms. The zero-order valence-corrected chi connectivity index (χ0v) is 16.7. The second kappa shape index (κ2) is 7.14. The number of alkyl carbamates (subject to hydrolysis) is 1. The Labute approximate surface area is 164 Å². The number of nitrogens with one attached hydrogen (secondary N) is 2. The number of carbonyl (C=O) groups is 2. The standard InChI is InChI=1S/C21H25N3O4/c1-13-18(25)23-16-12-15(6-7-17(16)27-13)21(5,14-8-10-22-11-9-14)24-19(26)28-20(2,3)4/h6-13H,1-5H3,(H,23,25)(H,24,26). The summed E-state index contributed by atoms with van der Waals surface area (Å²) in [4.78, 5) is 28.6. The van der Waals surface area contributed by atoms with Crippen LogP contribution in [0.15, 0.2) is 42.7 Å². The van der Waals surface area contributed by atoms with Gasteiger partial charge in [0, 0.05) is 12.4 Å². The zero-order chi connectivity index (χ0) is 20.5. The van der Waals surface area contributed by atoms with Gasteiger partial charge in [-0.2, -0.15) is 0 Å². The van der Waals surface area contributed by atoms with Crippen LogP contribution in [0.2, 0.25) is 0 Å². The van der Waals surface area contributed by atoms with Crippen LogP contribution in [0.5, 0.6) is 5.75 Å². The van der Waals surface area contributed by atoms with Crippen molar-refractivity contribution in [3.05, 3.63) is 53.9 Å². The van der Waals surface area contributed by atoms with Crippen LogP contribution in [0.3, 0.4) is 0 Å². The number of ether oxygens (including phenoxy) is 2. The number of benzene rings is 1. The summed E-state index contributed by atoms with van der Waals surface area (Å²) in [5, 5.41) is 5.81. The van der Waals surface area contributed by atoms with Crippen molar-refractivity contribution in [1.29, 1.82) is 0 Å². The molecule has 0 radical (unpaired) electrons. The van der Waals surface area contributed by atoms with E-state index in [1.165, 1.54) is 0 Å². The molecule has 1 aromatic carbocycles. The lowest BCUT2D eigenvalue weighted by Gasteiger charge is -2.34. The Hall–Kier alpha value is -3.09. The molecule has 0 fully saturated rings. The average molecular weight is 383 g/mol. The molecule has 1 aliphatic heterocycles. The number of carbonyl (C=O) groups excluding carboxylic acids is 2. The van der Waals surface area contributed by atoms with Gasteiger partial charge in [0.25, 0.3) is 5.91 Å². The summed E-state index contributed by atoms with van der Waals surface area (Å²) >= 11 is 0. The van der Waals surface area contributed by atoms with E-state index in [4.69, 9.17) is 9.47 Å². The highest BCUT2D eigenvalue weighted by atomic mass is 16.6. The minimum Gasteiger partial charge on any atom is -0.479 e. The molecule has 2 atom stereocenters. The molecule has 2 unspecified atom stereocenters. The van der Waals surface area contributed by atoms with E-state index in [-0.39, 0.29) is 5.91 Å². The van der Waals surface area contributed by atoms with Gasteiger partial charge in [0.1, 0.15) is 11.4 Å². The fourth-order valence-electron chi connectivity index (χ4n) is 3.02. The number of hydrogen-bond acceptors (Lipinski definition) is 5. The van der Waals surface area contributed by atoms with Crippen molar-refractivity contribution in [2.75, 3.05) is 5.32 Å². The van der Waals surface area contributed by atoms with Crippen LogP contribution in [0.25, 0.3) is 0 Å². The van der Waals surface area contributed by atoms with Crippen LogP contribution >= 0.6 is 0 Å². The van der Waals surface area contributed by atoms with Crippen molar-refractivity contribution in [3.63, 3.8) is 0 Å². The van der Waals surface area contributed by atoms with Crippen molar-refractivity contribution in [2.45, 2.75) is 51.9 Å². The number of rotatable bonds is 3. The minimum atomic E-state index is -0.909. The molecule has 1 aliphatic rings. The van der Waals surface area contributed by atoms with Crippen molar-refractivity contribution < 1.29 is 19.1 Å². The van der Waals surface area contributed by atoms with E-state index in [1.54, 1.807) is 31.5 Å². The average Bonchev–Trinajstić information content (AvgIpc) is 2.61. The molecule has 148 valence electrons. The highest BCUT2D eigenvalue weighted by molar-refractivity contribution is 5.97. The normalized spacial score (nSPS) is 18.2. The summed E-state index contributed by atoms with van der Waals surface area (Å²) in [6.45, 7) is 9.00. The van der Waals surface area contributed by atoms with E-state index in [0.29, 0.717) is 11.4 Å². The molecular weight excluding hydrogens is 358 g/mol. The Balaban J connectivity index is 2.02. The van der Waals surface area contributed by atoms with Crippen molar-refractivity contribution in [1.82, 2.24) is 10.3 Å². The molecule has 0 saturated heterocycles. The van der Waals surface area contributed by atoms with Crippen molar-refractivity contribution in [3.8, 4) is 5.75 Å². The second-order valence-corrected chi connectivity index (χ2v) is 7.95. The maximum atomic E-state index is 12.6. The Morgan fingerprint density at radius 2 is 1.82 bits per heavy atom. The minimum absolute atomic E-state index is 0.213. The van der Waals surface area contributed by atoms with Crippen molar-refractivity contribution >= 4 is 17.7 Å². The molecule has 0 bridgehead atoms. The monoisotopic (exact) mass is 383 g/mol. The molecule has 0 spiro atoms. The first-order chi connectivity index (χ1) is 13.1. The Morgan fingerprint density at radius 1 is 1.14 bits per heavy atom. The lowest BCUT2D eigenvalue weighted by molar-refractivity contribution is -0.122. The van der Waals surface area contributed by atoms with Gasteiger partial charge < -0.3 is 20.1 Å². The number of anilines is 1. The highest BCUT2D eigenvalue weighted by Crippen LogP contribution is 2.36. The van der Waals surface area contributed by atoms with Crippen LogP contribution in [0.1, 0.15) is 45.7 Å². The molecule has 2 N–H and O–H groups in total. The van der Waals surface area contributed by atoms with Gasteiger partial charge in [0.15, 0.2) is 6.10 Å². The lowest BCUT2D eigenvalue weighted by Crippen LogP contribution is -2.46. The zero-order valence-electron chi connectivity index (χ0n) is 16.7. The summed E-state index contributed by atoms with van der Waals surface area (Å²) in [6, 6.07) is 9.11. The largest absolute Gasteiger partial charge is 0.479 e. The first-order valence-corrected chi connectivity index (χ1v) is 9.12. The van der Waals surface area contributed by atoms with E-state index >= 15 is 0 Å². The first kappa shape index (κ1) is 19.7. The molecule has 0 saturated carbocycles. The van der Waals surface area contributed by atoms with Crippen LogP contribution in [-0.2, 0) is 15.1 Å². The molecule has 2 heterocycles. The summed E-state index contributed by atoms with van der Waals surface area (Å²) in [6.07, 6.45) is 2.23. The fourth-order valence-corrected chi connectivity index (χ4v) is 3.02. The molecule has 2 aromatic rings. The van der Waals surface area contributed by atoms with Gasteiger partial charge in [0.2, 0.25) is 0 Å². The molecule has 3 rings (SSSR count). The Morgan fingerprint density at radius 3 is 2.46 bits per heavy atom. The number of pyridine rings is 1. The summed E-state index contributed by atoms with van der Waals surface area (Å²) in [5.41, 5.74) is 0.615. The van der Waals surface area contributed by atoms with E-state index in [2.05, 4.69) is 15.6 Å². The summed E-state index contributed by atoms with van der Waals surface area (Å²) in [7, 11) is 0. The lowest BCUT2D eigenvalue weighted by atomic mass is 9.84. The van der Waals surface area contributed by atoms with Gasteiger partial charge in [-0.1, -0.05) is 6.07 Å². The van der Waals surface area contributed by atoms with Crippen LogP contribution in [0.4, 0.5) is 10.5 Å². The predicted octanol–water partition coefficient (Wildman–Crippen LogP) is 3.59. The maximum Gasteiger partial charge on any atom is 0.408 e. The number of aromatic nitrogens is 1. The van der Waals surface area contributed by atoms with Gasteiger partial charge in [-0.15, -0.1) is 0 Å². The molecule has 7 nitrogen and oxygen atoms in total. The Bertz CT molecular complexity index is 892. The third-order valence-electron chi connectivity index (χ3n) is 4.50. The number of hydrogen-bond donors (Lipinski definition) is 2. The second-order valence-electron chi connectivity index (χ2n) is 7.95. The quantitative estimate of drug-likeness (QED) is 0.845. The number of nitrogens with zero attached hydrogens (tertiary/aromatic N) is 1. The topological polar surface area (TPSA) is 89.6 Å². The van der Waals surface area contributed by atoms with Crippen LogP contribution < -0.4 is 15.4 Å². The smallest absolute Gasteiger partial charge is 0.408 e. The number of fused-ring (bicyclic) bond motifs is 1. The third kappa shape index (κ3) is 4.08. The van der Waals surface area contributed by atoms with E-state index in [9.17, 15) is 9.59 Å². The maximum absolute atomic E-state index is 12.6. The summed E-state index contributed by atoms with van der Waals surface area (Å²) in [5.74, 6) is 0.376. The van der Waals surface area contributed by atoms with Crippen LogP contribution in [-0.4, -0.2) is 28.7 Å².